The van der Waals surface area contributed by atoms with Crippen LogP contribution in [0.15, 0.2) is 24.3 Å². The second kappa shape index (κ2) is 6.48. The summed E-state index contributed by atoms with van der Waals surface area (Å²) >= 11 is 0. The lowest BCUT2D eigenvalue weighted by Gasteiger charge is -2.21. The van der Waals surface area contributed by atoms with Crippen LogP contribution in [0, 0.1) is 0 Å². The molecule has 0 fully saturated rings. The molecule has 1 aromatic carbocycles. The van der Waals surface area contributed by atoms with Gasteiger partial charge in [0.1, 0.15) is 18.0 Å². The minimum Gasteiger partial charge on any atom is -0.497 e. The molecule has 0 heterocycles. The predicted molar refractivity (Wildman–Crippen MR) is 60.6 cm³/mol. The Morgan fingerprint density at radius 3 is 2.19 bits per heavy atom. The van der Waals surface area contributed by atoms with Gasteiger partial charge in [-0.1, -0.05) is 12.1 Å². The average Bonchev–Trinajstić information content (AvgIpc) is 2.35. The van der Waals surface area contributed by atoms with E-state index in [1.807, 2.05) is 12.1 Å². The smallest absolute Gasteiger partial charge is 0.118 e. The summed E-state index contributed by atoms with van der Waals surface area (Å²) in [6.45, 7) is 0.351. The fraction of sp³-hybridized carbons (Fsp3) is 0.500. The molecule has 0 spiro atoms. The fourth-order valence-corrected chi connectivity index (χ4v) is 1.47. The first kappa shape index (κ1) is 13.0. The van der Waals surface area contributed by atoms with E-state index in [1.54, 1.807) is 33.5 Å². The number of benzene rings is 1. The highest BCUT2D eigenvalue weighted by molar-refractivity contribution is 5.28. The first-order valence-corrected chi connectivity index (χ1v) is 5.06. The first-order valence-electron chi connectivity index (χ1n) is 5.06. The van der Waals surface area contributed by atoms with E-state index in [-0.39, 0.29) is 6.10 Å². The summed E-state index contributed by atoms with van der Waals surface area (Å²) in [7, 11) is 4.73. The van der Waals surface area contributed by atoms with Gasteiger partial charge in [-0.2, -0.15) is 0 Å². The van der Waals surface area contributed by atoms with Gasteiger partial charge in [0.15, 0.2) is 0 Å². The van der Waals surface area contributed by atoms with E-state index in [2.05, 4.69) is 0 Å². The standard InChI is InChI=1S/C12H18O4/c1-14-8-11(16-3)12(13)9-4-6-10(15-2)7-5-9/h4-7,11-13H,8H2,1-3H3/t11-,12-/m1/s1. The molecular weight excluding hydrogens is 208 g/mol. The number of methoxy groups -OCH3 is 3. The van der Waals surface area contributed by atoms with Crippen LogP contribution >= 0.6 is 0 Å². The lowest BCUT2D eigenvalue weighted by atomic mass is 10.0. The van der Waals surface area contributed by atoms with Crippen LogP contribution in [0.3, 0.4) is 0 Å². The Morgan fingerprint density at radius 1 is 1.12 bits per heavy atom. The summed E-state index contributed by atoms with van der Waals surface area (Å²) in [6.07, 6.45) is -1.06. The molecule has 1 N–H and O–H groups in total. The topological polar surface area (TPSA) is 47.9 Å². The Morgan fingerprint density at radius 2 is 1.75 bits per heavy atom. The minimum atomic E-state index is -0.698. The molecule has 2 atom stereocenters. The van der Waals surface area contributed by atoms with E-state index in [4.69, 9.17) is 14.2 Å². The molecule has 90 valence electrons. The van der Waals surface area contributed by atoms with Crippen LogP contribution in [0.5, 0.6) is 5.75 Å². The molecule has 0 aliphatic carbocycles. The molecule has 16 heavy (non-hydrogen) atoms. The Hall–Kier alpha value is -1.10. The predicted octanol–water partition coefficient (Wildman–Crippen LogP) is 1.39. The Kier molecular flexibility index (Phi) is 5.25. The third-order valence-electron chi connectivity index (χ3n) is 2.44. The van der Waals surface area contributed by atoms with E-state index in [0.717, 1.165) is 11.3 Å². The van der Waals surface area contributed by atoms with Gasteiger partial charge in [-0.05, 0) is 17.7 Å². The fourth-order valence-electron chi connectivity index (χ4n) is 1.47. The number of ether oxygens (including phenoxy) is 3. The highest BCUT2D eigenvalue weighted by Crippen LogP contribution is 2.21. The molecule has 1 aromatic rings. The number of hydrogen-bond acceptors (Lipinski definition) is 4. The summed E-state index contributed by atoms with van der Waals surface area (Å²) in [6, 6.07) is 7.23. The molecule has 0 amide bonds. The second-order valence-corrected chi connectivity index (χ2v) is 3.45. The third-order valence-corrected chi connectivity index (χ3v) is 2.44. The molecule has 0 saturated heterocycles. The van der Waals surface area contributed by atoms with Crippen molar-refractivity contribution in [3.8, 4) is 5.75 Å². The van der Waals surface area contributed by atoms with Gasteiger partial charge in [0.2, 0.25) is 0 Å². The van der Waals surface area contributed by atoms with Gasteiger partial charge in [-0.25, -0.2) is 0 Å². The summed E-state index contributed by atoms with van der Waals surface area (Å²) in [5.74, 6) is 0.761. The Labute approximate surface area is 95.8 Å². The van der Waals surface area contributed by atoms with E-state index < -0.39 is 6.10 Å². The van der Waals surface area contributed by atoms with Gasteiger partial charge in [0.25, 0.3) is 0 Å². The molecule has 0 aliphatic heterocycles. The number of hydrogen-bond donors (Lipinski definition) is 1. The molecular formula is C12H18O4. The van der Waals surface area contributed by atoms with Gasteiger partial charge < -0.3 is 19.3 Å². The van der Waals surface area contributed by atoms with Crippen LogP contribution in [-0.2, 0) is 9.47 Å². The van der Waals surface area contributed by atoms with Gasteiger partial charge in [0.05, 0.1) is 13.7 Å². The minimum absolute atomic E-state index is 0.351. The maximum Gasteiger partial charge on any atom is 0.118 e. The molecule has 1 rings (SSSR count). The van der Waals surface area contributed by atoms with Crippen LogP contribution in [0.4, 0.5) is 0 Å². The van der Waals surface area contributed by atoms with E-state index in [0.29, 0.717) is 6.61 Å². The lowest BCUT2D eigenvalue weighted by Crippen LogP contribution is -2.25. The Bertz CT molecular complexity index is 296. The van der Waals surface area contributed by atoms with Gasteiger partial charge >= 0.3 is 0 Å². The molecule has 0 unspecified atom stereocenters. The first-order chi connectivity index (χ1) is 7.72. The van der Waals surface area contributed by atoms with E-state index >= 15 is 0 Å². The quantitative estimate of drug-likeness (QED) is 0.796. The van der Waals surface area contributed by atoms with Crippen molar-refractivity contribution in [2.75, 3.05) is 27.9 Å². The number of aliphatic hydroxyl groups excluding tert-OH is 1. The Balaban J connectivity index is 2.73. The van der Waals surface area contributed by atoms with Crippen LogP contribution in [-0.4, -0.2) is 39.1 Å². The van der Waals surface area contributed by atoms with Crippen LogP contribution < -0.4 is 4.74 Å². The zero-order chi connectivity index (χ0) is 12.0. The summed E-state index contributed by atoms with van der Waals surface area (Å²) < 4.78 is 15.2. The molecule has 4 nitrogen and oxygen atoms in total. The monoisotopic (exact) mass is 226 g/mol. The molecule has 4 heteroatoms. The van der Waals surface area contributed by atoms with E-state index in [1.165, 1.54) is 0 Å². The average molecular weight is 226 g/mol. The normalized spacial score (nSPS) is 14.5. The maximum atomic E-state index is 10.0. The van der Waals surface area contributed by atoms with Crippen LogP contribution in [0.1, 0.15) is 11.7 Å². The molecule has 0 aliphatic rings. The van der Waals surface area contributed by atoms with Crippen LogP contribution in [0.2, 0.25) is 0 Å². The van der Waals surface area contributed by atoms with Crippen molar-refractivity contribution in [3.05, 3.63) is 29.8 Å². The molecule has 0 bridgehead atoms. The largest absolute Gasteiger partial charge is 0.497 e. The maximum absolute atomic E-state index is 10.0. The summed E-state index contributed by atoms with van der Waals surface area (Å²) in [5.41, 5.74) is 0.782. The summed E-state index contributed by atoms with van der Waals surface area (Å²) in [4.78, 5) is 0. The molecule has 0 aromatic heterocycles. The van der Waals surface area contributed by atoms with Gasteiger partial charge in [0, 0.05) is 14.2 Å². The highest BCUT2D eigenvalue weighted by atomic mass is 16.5. The number of aliphatic hydroxyl groups is 1. The SMILES string of the molecule is COC[C@@H](OC)[C@H](O)c1ccc(OC)cc1. The van der Waals surface area contributed by atoms with Crippen molar-refractivity contribution in [1.29, 1.82) is 0 Å². The van der Waals surface area contributed by atoms with Crippen molar-refractivity contribution < 1.29 is 19.3 Å². The van der Waals surface area contributed by atoms with E-state index in [9.17, 15) is 5.11 Å². The van der Waals surface area contributed by atoms with Crippen LogP contribution in [0.25, 0.3) is 0 Å². The van der Waals surface area contributed by atoms with Crippen molar-refractivity contribution in [2.45, 2.75) is 12.2 Å². The third kappa shape index (κ3) is 3.20. The second-order valence-electron chi connectivity index (χ2n) is 3.45. The van der Waals surface area contributed by atoms with Crippen molar-refractivity contribution in [1.82, 2.24) is 0 Å². The van der Waals surface area contributed by atoms with Gasteiger partial charge in [-0.3, -0.25) is 0 Å². The zero-order valence-electron chi connectivity index (χ0n) is 9.84. The molecule has 0 radical (unpaired) electrons. The number of rotatable bonds is 6. The van der Waals surface area contributed by atoms with Crippen molar-refractivity contribution in [3.63, 3.8) is 0 Å². The highest BCUT2D eigenvalue weighted by Gasteiger charge is 2.20. The lowest BCUT2D eigenvalue weighted by molar-refractivity contribution is -0.0523. The van der Waals surface area contributed by atoms with Crippen molar-refractivity contribution >= 4 is 0 Å². The summed E-state index contributed by atoms with van der Waals surface area (Å²) in [5, 5.41) is 10.0. The molecule has 0 saturated carbocycles. The van der Waals surface area contributed by atoms with Crippen molar-refractivity contribution in [2.24, 2.45) is 0 Å². The zero-order valence-corrected chi connectivity index (χ0v) is 9.84. The van der Waals surface area contributed by atoms with Gasteiger partial charge in [-0.15, -0.1) is 0 Å².